The van der Waals surface area contributed by atoms with E-state index in [1.54, 1.807) is 4.68 Å². The molecule has 0 fully saturated rings. The molecule has 0 saturated carbocycles. The van der Waals surface area contributed by atoms with Gasteiger partial charge in [0.2, 0.25) is 3.79 Å². The molecule has 0 amide bonds. The lowest BCUT2D eigenvalue weighted by molar-refractivity contribution is 0.767. The van der Waals surface area contributed by atoms with Crippen LogP contribution in [0.2, 0.25) is 0 Å². The third-order valence-corrected chi connectivity index (χ3v) is 6.30. The zero-order chi connectivity index (χ0) is 22.2. The Labute approximate surface area is 212 Å². The van der Waals surface area contributed by atoms with Gasteiger partial charge in [-0.15, -0.1) is 0 Å². The molecule has 31 heavy (non-hydrogen) atoms. The van der Waals surface area contributed by atoms with Crippen molar-refractivity contribution in [3.63, 3.8) is 0 Å². The molecule has 9 heteroatoms. The molecular formula is C22H17Br2Cl3N4. The second-order valence-corrected chi connectivity index (χ2v) is 11.2. The van der Waals surface area contributed by atoms with Gasteiger partial charge in [0.15, 0.2) is 0 Å². The van der Waals surface area contributed by atoms with Crippen LogP contribution in [0.15, 0.2) is 69.6 Å². The molecule has 2 aromatic heterocycles. The minimum Gasteiger partial charge on any atom is -0.238 e. The van der Waals surface area contributed by atoms with Gasteiger partial charge in [0.25, 0.3) is 0 Å². The number of aryl methyl sites for hydroxylation is 3. The van der Waals surface area contributed by atoms with Gasteiger partial charge in [0.1, 0.15) is 0 Å². The lowest BCUT2D eigenvalue weighted by Gasteiger charge is -2.13. The van der Waals surface area contributed by atoms with E-state index in [9.17, 15) is 0 Å². The van der Waals surface area contributed by atoms with Crippen LogP contribution in [0.1, 0.15) is 22.8 Å². The number of halogens is 5. The summed E-state index contributed by atoms with van der Waals surface area (Å²) in [5, 5.41) is 9.46. The fourth-order valence-electron chi connectivity index (χ4n) is 3.34. The van der Waals surface area contributed by atoms with Crippen LogP contribution in [0.3, 0.4) is 0 Å². The van der Waals surface area contributed by atoms with E-state index in [-0.39, 0.29) is 0 Å². The summed E-state index contributed by atoms with van der Waals surface area (Å²) in [4.78, 5) is 0. The lowest BCUT2D eigenvalue weighted by atomic mass is 10.2. The summed E-state index contributed by atoms with van der Waals surface area (Å²) in [5.41, 5.74) is 5.20. The van der Waals surface area contributed by atoms with Crippen molar-refractivity contribution in [2.75, 3.05) is 0 Å². The van der Waals surface area contributed by atoms with E-state index in [0.29, 0.717) is 12.1 Å². The van der Waals surface area contributed by atoms with Gasteiger partial charge in [-0.25, -0.2) is 9.36 Å². The van der Waals surface area contributed by atoms with E-state index in [0.717, 1.165) is 43.8 Å². The van der Waals surface area contributed by atoms with Crippen LogP contribution in [0.4, 0.5) is 0 Å². The predicted octanol–water partition coefficient (Wildman–Crippen LogP) is 7.50. The van der Waals surface area contributed by atoms with E-state index in [1.165, 1.54) is 0 Å². The van der Waals surface area contributed by atoms with Crippen molar-refractivity contribution in [1.82, 2.24) is 19.6 Å². The van der Waals surface area contributed by atoms with E-state index in [4.69, 9.17) is 45.0 Å². The summed E-state index contributed by atoms with van der Waals surface area (Å²) < 4.78 is 3.96. The van der Waals surface area contributed by atoms with Gasteiger partial charge in [-0.05, 0) is 68.3 Å². The van der Waals surface area contributed by atoms with Gasteiger partial charge in [-0.3, -0.25) is 0 Å². The molecule has 0 atom stereocenters. The minimum absolute atomic E-state index is 0.501. The molecule has 4 aromatic rings. The SMILES string of the molecule is Cc1cc(CCc2cc(C(Cl)(Cl)Cl)n(-c3cccc(Br)c3)n2)nn1-c1cccc(Br)c1. The molecule has 4 rings (SSSR count). The summed E-state index contributed by atoms with van der Waals surface area (Å²) in [5.74, 6) is 0. The Hall–Kier alpha value is -1.31. The van der Waals surface area contributed by atoms with Gasteiger partial charge in [0, 0.05) is 14.6 Å². The van der Waals surface area contributed by atoms with Crippen molar-refractivity contribution in [3.8, 4) is 11.4 Å². The first-order valence-electron chi connectivity index (χ1n) is 9.44. The number of benzene rings is 2. The Bertz CT molecular complexity index is 1230. The second kappa shape index (κ2) is 9.28. The first-order chi connectivity index (χ1) is 14.7. The predicted molar refractivity (Wildman–Crippen MR) is 134 cm³/mol. The maximum Gasteiger partial charge on any atom is 0.232 e. The van der Waals surface area contributed by atoms with Crippen LogP contribution in [0, 0.1) is 6.92 Å². The third-order valence-electron chi connectivity index (χ3n) is 4.73. The first-order valence-corrected chi connectivity index (χ1v) is 12.2. The van der Waals surface area contributed by atoms with E-state index >= 15 is 0 Å². The van der Waals surface area contributed by atoms with Gasteiger partial charge in [-0.2, -0.15) is 10.2 Å². The third kappa shape index (κ3) is 5.37. The molecule has 160 valence electrons. The largest absolute Gasteiger partial charge is 0.238 e. The molecule has 0 aliphatic carbocycles. The van der Waals surface area contributed by atoms with Gasteiger partial charge >= 0.3 is 0 Å². The van der Waals surface area contributed by atoms with Gasteiger partial charge in [-0.1, -0.05) is 78.8 Å². The zero-order valence-corrected chi connectivity index (χ0v) is 21.8. The Kier molecular flexibility index (Phi) is 6.85. The number of hydrogen-bond acceptors (Lipinski definition) is 2. The van der Waals surface area contributed by atoms with Crippen molar-refractivity contribution in [2.24, 2.45) is 0 Å². The maximum atomic E-state index is 6.23. The monoisotopic (exact) mass is 600 g/mol. The number of nitrogens with zero attached hydrogens (tertiary/aromatic N) is 4. The van der Waals surface area contributed by atoms with E-state index < -0.39 is 3.79 Å². The van der Waals surface area contributed by atoms with Crippen molar-refractivity contribution < 1.29 is 0 Å². The van der Waals surface area contributed by atoms with Crippen LogP contribution < -0.4 is 0 Å². The van der Waals surface area contributed by atoms with Crippen molar-refractivity contribution >= 4 is 66.7 Å². The molecular weight excluding hydrogens is 586 g/mol. The minimum atomic E-state index is -1.59. The molecule has 0 unspecified atom stereocenters. The molecule has 0 bridgehead atoms. The molecule has 0 aliphatic heterocycles. The molecule has 0 aliphatic rings. The summed E-state index contributed by atoms with van der Waals surface area (Å²) in [6, 6.07) is 19.7. The molecule has 0 spiro atoms. The zero-order valence-electron chi connectivity index (χ0n) is 16.4. The van der Waals surface area contributed by atoms with Crippen molar-refractivity contribution in [1.29, 1.82) is 0 Å². The Morgan fingerprint density at radius 1 is 0.774 bits per heavy atom. The van der Waals surface area contributed by atoms with Gasteiger partial charge in [0.05, 0.1) is 28.5 Å². The molecule has 2 heterocycles. The van der Waals surface area contributed by atoms with Crippen LogP contribution in [0.5, 0.6) is 0 Å². The molecule has 0 N–H and O–H groups in total. The Morgan fingerprint density at radius 2 is 1.29 bits per heavy atom. The highest BCUT2D eigenvalue weighted by Crippen LogP contribution is 2.39. The van der Waals surface area contributed by atoms with Gasteiger partial charge < -0.3 is 0 Å². The number of aromatic nitrogens is 4. The fraction of sp³-hybridized carbons (Fsp3) is 0.182. The van der Waals surface area contributed by atoms with Crippen LogP contribution in [-0.2, 0) is 16.6 Å². The summed E-state index contributed by atoms with van der Waals surface area (Å²) in [6.07, 6.45) is 1.39. The fourth-order valence-corrected chi connectivity index (χ4v) is 4.52. The average molecular weight is 604 g/mol. The lowest BCUT2D eigenvalue weighted by Crippen LogP contribution is -2.10. The summed E-state index contributed by atoms with van der Waals surface area (Å²) in [7, 11) is 0. The molecule has 0 radical (unpaired) electrons. The van der Waals surface area contributed by atoms with E-state index in [2.05, 4.69) is 37.9 Å². The molecule has 2 aromatic carbocycles. The van der Waals surface area contributed by atoms with Crippen molar-refractivity contribution in [2.45, 2.75) is 23.6 Å². The Balaban J connectivity index is 1.59. The molecule has 4 nitrogen and oxygen atoms in total. The average Bonchev–Trinajstić information content (AvgIpc) is 3.30. The summed E-state index contributed by atoms with van der Waals surface area (Å²) >= 11 is 25.7. The number of rotatable bonds is 5. The maximum absolute atomic E-state index is 6.23. The van der Waals surface area contributed by atoms with Crippen LogP contribution >= 0.6 is 66.7 Å². The quantitative estimate of drug-likeness (QED) is 0.222. The Morgan fingerprint density at radius 3 is 1.84 bits per heavy atom. The number of hydrogen-bond donors (Lipinski definition) is 0. The molecule has 0 saturated heterocycles. The summed E-state index contributed by atoms with van der Waals surface area (Å²) in [6.45, 7) is 2.04. The second-order valence-electron chi connectivity index (χ2n) is 7.08. The first kappa shape index (κ1) is 22.9. The standard InChI is InChI=1S/C22H17Br2Cl3N4/c1-14-10-17(28-30(14)19-6-2-4-15(23)11-19)8-9-18-13-21(22(25,26)27)31(29-18)20-7-3-5-16(24)12-20/h2-7,10-13H,8-9H2,1H3. The number of alkyl halides is 3. The topological polar surface area (TPSA) is 35.6 Å². The highest BCUT2D eigenvalue weighted by Gasteiger charge is 2.29. The van der Waals surface area contributed by atoms with Crippen LogP contribution in [0.25, 0.3) is 11.4 Å². The van der Waals surface area contributed by atoms with Crippen molar-refractivity contribution in [3.05, 3.63) is 92.4 Å². The normalized spacial score (nSPS) is 11.8. The highest BCUT2D eigenvalue weighted by molar-refractivity contribution is 9.10. The highest BCUT2D eigenvalue weighted by atomic mass is 79.9. The smallest absolute Gasteiger partial charge is 0.232 e. The van der Waals surface area contributed by atoms with Crippen LogP contribution in [-0.4, -0.2) is 19.6 Å². The van der Waals surface area contributed by atoms with E-state index in [1.807, 2.05) is 66.2 Å².